The molecule has 6 heteroatoms. The molecule has 1 aliphatic rings. The first kappa shape index (κ1) is 22.8. The van der Waals surface area contributed by atoms with Gasteiger partial charge in [-0.05, 0) is 20.8 Å². The highest BCUT2D eigenvalue weighted by Crippen LogP contribution is 2.33. The summed E-state index contributed by atoms with van der Waals surface area (Å²) in [6.45, 7) is 6.09. The van der Waals surface area contributed by atoms with Gasteiger partial charge in [0.05, 0.1) is 12.2 Å². The first-order valence-corrected chi connectivity index (χ1v) is 12.1. The Labute approximate surface area is 180 Å². The number of benzene rings is 2. The molecule has 3 rings (SSSR count). The molecule has 2 aromatic carbocycles. The van der Waals surface area contributed by atoms with Gasteiger partial charge in [-0.25, -0.2) is 0 Å². The van der Waals surface area contributed by atoms with Crippen LogP contribution in [0.3, 0.4) is 0 Å². The van der Waals surface area contributed by atoms with Gasteiger partial charge in [0.25, 0.3) is 0 Å². The lowest BCUT2D eigenvalue weighted by molar-refractivity contribution is -0.267. The average molecular weight is 429 g/mol. The van der Waals surface area contributed by atoms with E-state index in [1.165, 1.54) is 0 Å². The SMILES string of the molecule is CO[C@@H]1CC(=O)[C@@H](COC(C)(C)C)O[C@@]1(OC)[SiH](c1ccccc1)c1ccccc1. The van der Waals surface area contributed by atoms with Gasteiger partial charge in [0.15, 0.2) is 20.0 Å². The number of methoxy groups -OCH3 is 2. The average Bonchev–Trinajstić information content (AvgIpc) is 2.74. The number of Topliss-reactive ketones (excluding diaryl/α,β-unsaturated/α-hetero) is 1. The minimum absolute atomic E-state index is 0.0207. The number of carbonyl (C=O) groups is 1. The molecule has 0 bridgehead atoms. The van der Waals surface area contributed by atoms with Gasteiger partial charge in [-0.3, -0.25) is 4.79 Å². The van der Waals surface area contributed by atoms with Crippen molar-refractivity contribution in [3.63, 3.8) is 0 Å². The summed E-state index contributed by atoms with van der Waals surface area (Å²) in [5, 5.41) is 2.33. The molecule has 5 nitrogen and oxygen atoms in total. The smallest absolute Gasteiger partial charge is 0.184 e. The van der Waals surface area contributed by atoms with E-state index in [-0.39, 0.29) is 24.4 Å². The van der Waals surface area contributed by atoms with Crippen LogP contribution in [0.5, 0.6) is 0 Å². The van der Waals surface area contributed by atoms with Crippen molar-refractivity contribution in [2.75, 3.05) is 20.8 Å². The van der Waals surface area contributed by atoms with Crippen molar-refractivity contribution < 1.29 is 23.7 Å². The maximum atomic E-state index is 12.9. The van der Waals surface area contributed by atoms with Crippen molar-refractivity contribution in [1.29, 1.82) is 0 Å². The lowest BCUT2D eigenvalue weighted by Crippen LogP contribution is -2.72. The largest absolute Gasteiger partial charge is 0.376 e. The van der Waals surface area contributed by atoms with Crippen LogP contribution < -0.4 is 10.4 Å². The van der Waals surface area contributed by atoms with Gasteiger partial charge < -0.3 is 18.9 Å². The van der Waals surface area contributed by atoms with Gasteiger partial charge in [-0.1, -0.05) is 71.0 Å². The second-order valence-corrected chi connectivity index (χ2v) is 11.6. The molecule has 0 aromatic heterocycles. The Bertz CT molecular complexity index is 781. The Morgan fingerprint density at radius 3 is 1.97 bits per heavy atom. The number of ketones is 1. The molecule has 0 N–H and O–H groups in total. The van der Waals surface area contributed by atoms with E-state index in [1.807, 2.05) is 57.2 Å². The van der Waals surface area contributed by atoms with Gasteiger partial charge >= 0.3 is 0 Å². The fourth-order valence-electron chi connectivity index (χ4n) is 4.02. The minimum atomic E-state index is -2.15. The molecule has 30 heavy (non-hydrogen) atoms. The van der Waals surface area contributed by atoms with Crippen LogP contribution in [0.4, 0.5) is 0 Å². The molecule has 2 aromatic rings. The van der Waals surface area contributed by atoms with Gasteiger partial charge in [-0.2, -0.15) is 0 Å². The normalized spacial score (nSPS) is 24.9. The highest BCUT2D eigenvalue weighted by Gasteiger charge is 2.56. The van der Waals surface area contributed by atoms with E-state index in [0.717, 1.165) is 10.4 Å². The Kier molecular flexibility index (Phi) is 7.26. The van der Waals surface area contributed by atoms with Crippen molar-refractivity contribution in [3.8, 4) is 0 Å². The summed E-state index contributed by atoms with van der Waals surface area (Å²) in [7, 11) is 1.11. The van der Waals surface area contributed by atoms with Crippen LogP contribution in [0.15, 0.2) is 60.7 Å². The molecule has 1 heterocycles. The molecule has 0 unspecified atom stereocenters. The predicted octanol–water partition coefficient (Wildman–Crippen LogP) is 2.10. The van der Waals surface area contributed by atoms with Crippen LogP contribution in [0, 0.1) is 0 Å². The first-order valence-electron chi connectivity index (χ1n) is 10.3. The summed E-state index contributed by atoms with van der Waals surface area (Å²) in [6, 6.07) is 20.5. The molecular weight excluding hydrogens is 396 g/mol. The quantitative estimate of drug-likeness (QED) is 0.632. The lowest BCUT2D eigenvalue weighted by Gasteiger charge is -2.48. The van der Waals surface area contributed by atoms with Crippen LogP contribution in [0.1, 0.15) is 27.2 Å². The van der Waals surface area contributed by atoms with Gasteiger partial charge in [-0.15, -0.1) is 0 Å². The van der Waals surface area contributed by atoms with Crippen molar-refractivity contribution in [2.24, 2.45) is 0 Å². The zero-order valence-corrected chi connectivity index (χ0v) is 19.6. The molecule has 3 atom stereocenters. The van der Waals surface area contributed by atoms with Crippen molar-refractivity contribution >= 4 is 25.0 Å². The van der Waals surface area contributed by atoms with Crippen LogP contribution >= 0.6 is 0 Å². The monoisotopic (exact) mass is 428 g/mol. The highest BCUT2D eigenvalue weighted by atomic mass is 28.3. The third-order valence-electron chi connectivity index (χ3n) is 5.46. The van der Waals surface area contributed by atoms with Crippen molar-refractivity contribution in [1.82, 2.24) is 0 Å². The topological polar surface area (TPSA) is 54.0 Å². The number of hydrogen-bond acceptors (Lipinski definition) is 5. The van der Waals surface area contributed by atoms with Crippen molar-refractivity contribution in [2.45, 2.75) is 50.4 Å². The van der Waals surface area contributed by atoms with Gasteiger partial charge in [0, 0.05) is 20.6 Å². The van der Waals surface area contributed by atoms with E-state index in [0.29, 0.717) is 0 Å². The van der Waals surface area contributed by atoms with Crippen LogP contribution in [-0.2, 0) is 23.7 Å². The molecule has 1 saturated heterocycles. The maximum absolute atomic E-state index is 12.9. The van der Waals surface area contributed by atoms with Crippen molar-refractivity contribution in [3.05, 3.63) is 60.7 Å². The zero-order chi connectivity index (χ0) is 21.8. The highest BCUT2D eigenvalue weighted by molar-refractivity contribution is 6.87. The summed E-state index contributed by atoms with van der Waals surface area (Å²) in [5.74, 6) is -0.0207. The molecule has 0 radical (unpaired) electrons. The fraction of sp³-hybridized carbons (Fsp3) is 0.458. The predicted molar refractivity (Wildman–Crippen MR) is 120 cm³/mol. The van der Waals surface area contributed by atoms with Crippen LogP contribution in [0.2, 0.25) is 0 Å². The Hall–Kier alpha value is -1.83. The van der Waals surface area contributed by atoms with E-state index in [9.17, 15) is 4.79 Å². The second-order valence-electron chi connectivity index (χ2n) is 8.60. The van der Waals surface area contributed by atoms with Crippen LogP contribution in [-0.4, -0.2) is 58.6 Å². The number of ether oxygens (including phenoxy) is 4. The van der Waals surface area contributed by atoms with E-state index >= 15 is 0 Å². The molecule has 0 saturated carbocycles. The third kappa shape index (κ3) is 4.90. The molecule has 1 fully saturated rings. The molecule has 162 valence electrons. The Balaban J connectivity index is 2.07. The molecule has 0 amide bonds. The summed E-state index contributed by atoms with van der Waals surface area (Å²) in [5.41, 5.74) is -1.41. The standard InChI is InChI=1S/C24H32O5Si/c1-23(2,3)28-17-21-20(25)16-22(26-4)24(27-5,29-21)30(18-12-8-6-9-13-18)19-14-10-7-11-15-19/h6-15,21-22,30H,16-17H2,1-5H3/t21-,22-,24-/m1/s1. The Morgan fingerprint density at radius 2 is 1.53 bits per heavy atom. The second kappa shape index (κ2) is 9.54. The Morgan fingerprint density at radius 1 is 1.00 bits per heavy atom. The zero-order valence-electron chi connectivity index (χ0n) is 18.5. The summed E-state index contributed by atoms with van der Waals surface area (Å²) < 4.78 is 24.4. The van der Waals surface area contributed by atoms with Gasteiger partial charge in [0.2, 0.25) is 0 Å². The first-order chi connectivity index (χ1) is 14.3. The fourth-order valence-corrected chi connectivity index (χ4v) is 7.71. The summed E-state index contributed by atoms with van der Waals surface area (Å²) in [4.78, 5) is 12.9. The molecule has 1 aliphatic heterocycles. The van der Waals surface area contributed by atoms with E-state index < -0.39 is 26.4 Å². The summed E-state index contributed by atoms with van der Waals surface area (Å²) in [6.07, 6.45) is -0.970. The van der Waals surface area contributed by atoms with Crippen LogP contribution in [0.25, 0.3) is 0 Å². The molecule has 0 aliphatic carbocycles. The number of hydrogen-bond donors (Lipinski definition) is 0. The van der Waals surface area contributed by atoms with E-state index in [1.54, 1.807) is 14.2 Å². The minimum Gasteiger partial charge on any atom is -0.376 e. The van der Waals surface area contributed by atoms with E-state index in [2.05, 4.69) is 24.3 Å². The molecular formula is C24H32O5Si. The molecule has 0 spiro atoms. The van der Waals surface area contributed by atoms with Gasteiger partial charge in [0.1, 0.15) is 12.2 Å². The van der Waals surface area contributed by atoms with E-state index in [4.69, 9.17) is 18.9 Å². The summed E-state index contributed by atoms with van der Waals surface area (Å²) >= 11 is 0. The number of carbonyl (C=O) groups excluding carboxylic acids is 1. The number of rotatable bonds is 7. The third-order valence-corrected chi connectivity index (χ3v) is 9.11. The maximum Gasteiger partial charge on any atom is 0.184 e. The lowest BCUT2D eigenvalue weighted by atomic mass is 10.0.